The average molecular weight is 386 g/mol. The lowest BCUT2D eigenvalue weighted by Crippen LogP contribution is -2.47. The summed E-state index contributed by atoms with van der Waals surface area (Å²) in [5.74, 6) is 1.70. The minimum atomic E-state index is 0.0913. The highest BCUT2D eigenvalue weighted by molar-refractivity contribution is 5.82. The van der Waals surface area contributed by atoms with Gasteiger partial charge in [-0.1, -0.05) is 32.4 Å². The van der Waals surface area contributed by atoms with Crippen molar-refractivity contribution in [2.45, 2.75) is 46.1 Å². The fourth-order valence-electron chi connectivity index (χ4n) is 4.36. The second kappa shape index (κ2) is 9.30. The highest BCUT2D eigenvalue weighted by atomic mass is 16.2. The molecule has 0 unspecified atom stereocenters. The Kier molecular flexibility index (Phi) is 6.81. The quantitative estimate of drug-likeness (QED) is 0.498. The normalized spacial score (nSPS) is 19.2. The molecule has 1 aromatic carbocycles. The SMILES string of the molecule is CN=C(NCc1ccc(N2CCNC(=O)C2)cc1)NCC1(CC(C)C)CCC1. The molecule has 6 heteroatoms. The van der Waals surface area contributed by atoms with Crippen molar-refractivity contribution in [3.8, 4) is 0 Å². The van der Waals surface area contributed by atoms with Gasteiger partial charge >= 0.3 is 0 Å². The van der Waals surface area contributed by atoms with E-state index < -0.39 is 0 Å². The van der Waals surface area contributed by atoms with E-state index in [-0.39, 0.29) is 5.91 Å². The molecule has 0 atom stereocenters. The van der Waals surface area contributed by atoms with Crippen LogP contribution in [0.25, 0.3) is 0 Å². The molecule has 1 aliphatic heterocycles. The van der Waals surface area contributed by atoms with Crippen LogP contribution in [0.5, 0.6) is 0 Å². The Hall–Kier alpha value is -2.24. The van der Waals surface area contributed by atoms with E-state index in [4.69, 9.17) is 0 Å². The molecule has 1 saturated carbocycles. The van der Waals surface area contributed by atoms with Gasteiger partial charge in [-0.2, -0.15) is 0 Å². The maximum atomic E-state index is 11.6. The van der Waals surface area contributed by atoms with Gasteiger partial charge in [0.1, 0.15) is 0 Å². The number of hydrogen-bond acceptors (Lipinski definition) is 3. The average Bonchev–Trinajstić information content (AvgIpc) is 2.66. The number of piperazine rings is 1. The van der Waals surface area contributed by atoms with Crippen LogP contribution in [0.15, 0.2) is 29.3 Å². The van der Waals surface area contributed by atoms with Crippen molar-refractivity contribution >= 4 is 17.6 Å². The molecule has 1 heterocycles. The number of nitrogens with zero attached hydrogens (tertiary/aromatic N) is 2. The van der Waals surface area contributed by atoms with Gasteiger partial charge in [-0.15, -0.1) is 0 Å². The van der Waals surface area contributed by atoms with Crippen molar-refractivity contribution in [2.75, 3.05) is 38.1 Å². The second-order valence-corrected chi connectivity index (χ2v) is 8.67. The minimum Gasteiger partial charge on any atom is -0.360 e. The van der Waals surface area contributed by atoms with E-state index in [0.29, 0.717) is 18.5 Å². The molecule has 28 heavy (non-hydrogen) atoms. The molecule has 0 radical (unpaired) electrons. The van der Waals surface area contributed by atoms with Crippen molar-refractivity contribution in [3.63, 3.8) is 0 Å². The lowest BCUT2D eigenvalue weighted by atomic mass is 9.64. The number of amides is 1. The van der Waals surface area contributed by atoms with Crippen LogP contribution >= 0.6 is 0 Å². The van der Waals surface area contributed by atoms with E-state index in [1.54, 1.807) is 0 Å². The molecule has 6 nitrogen and oxygen atoms in total. The minimum absolute atomic E-state index is 0.0913. The Morgan fingerprint density at radius 3 is 2.57 bits per heavy atom. The molecular weight excluding hydrogens is 350 g/mol. The van der Waals surface area contributed by atoms with Gasteiger partial charge in [0, 0.05) is 38.9 Å². The van der Waals surface area contributed by atoms with Gasteiger partial charge in [-0.3, -0.25) is 9.79 Å². The monoisotopic (exact) mass is 385 g/mol. The third-order valence-electron chi connectivity index (χ3n) is 5.91. The largest absolute Gasteiger partial charge is 0.360 e. The molecule has 1 amide bonds. The Bertz CT molecular complexity index is 679. The summed E-state index contributed by atoms with van der Waals surface area (Å²) in [4.78, 5) is 18.1. The first-order chi connectivity index (χ1) is 13.5. The molecule has 0 spiro atoms. The molecule has 0 aromatic heterocycles. The Morgan fingerprint density at radius 2 is 2.00 bits per heavy atom. The molecule has 154 valence electrons. The van der Waals surface area contributed by atoms with Crippen LogP contribution in [-0.4, -0.2) is 45.1 Å². The van der Waals surface area contributed by atoms with E-state index in [1.807, 2.05) is 7.05 Å². The van der Waals surface area contributed by atoms with Crippen molar-refractivity contribution in [3.05, 3.63) is 29.8 Å². The summed E-state index contributed by atoms with van der Waals surface area (Å²) in [6.07, 6.45) is 5.29. The van der Waals surface area contributed by atoms with E-state index in [0.717, 1.165) is 37.2 Å². The maximum Gasteiger partial charge on any atom is 0.239 e. The maximum absolute atomic E-state index is 11.6. The van der Waals surface area contributed by atoms with Gasteiger partial charge in [0.25, 0.3) is 0 Å². The first-order valence-corrected chi connectivity index (χ1v) is 10.5. The summed E-state index contributed by atoms with van der Waals surface area (Å²) < 4.78 is 0. The van der Waals surface area contributed by atoms with Gasteiger partial charge in [0.05, 0.1) is 6.54 Å². The second-order valence-electron chi connectivity index (χ2n) is 8.67. The van der Waals surface area contributed by atoms with E-state index in [2.05, 4.69) is 64.0 Å². The van der Waals surface area contributed by atoms with Crippen LogP contribution in [-0.2, 0) is 11.3 Å². The highest BCUT2D eigenvalue weighted by Crippen LogP contribution is 2.45. The summed E-state index contributed by atoms with van der Waals surface area (Å²) in [6.45, 7) is 8.37. The summed E-state index contributed by atoms with van der Waals surface area (Å²) in [5.41, 5.74) is 2.75. The standard InChI is InChI=1S/C22H35N5O/c1-17(2)13-22(9-4-10-22)16-26-21(23-3)25-14-18-5-7-19(8-6-18)27-12-11-24-20(28)15-27/h5-8,17H,4,9-16H2,1-3H3,(H,24,28)(H2,23,25,26). The van der Waals surface area contributed by atoms with Crippen LogP contribution in [0.1, 0.15) is 45.1 Å². The first-order valence-electron chi connectivity index (χ1n) is 10.5. The van der Waals surface area contributed by atoms with E-state index in [1.165, 1.54) is 31.2 Å². The third-order valence-corrected chi connectivity index (χ3v) is 5.91. The summed E-state index contributed by atoms with van der Waals surface area (Å²) in [5, 5.41) is 9.83. The van der Waals surface area contributed by atoms with Crippen molar-refractivity contribution in [1.82, 2.24) is 16.0 Å². The number of carbonyl (C=O) groups excluding carboxylic acids is 1. The zero-order chi connectivity index (χ0) is 20.0. The fraction of sp³-hybridized carbons (Fsp3) is 0.636. The Labute approximate surface area is 169 Å². The number of benzene rings is 1. The summed E-state index contributed by atoms with van der Waals surface area (Å²) in [6, 6.07) is 8.43. The summed E-state index contributed by atoms with van der Waals surface area (Å²) in [7, 11) is 1.83. The fourth-order valence-corrected chi connectivity index (χ4v) is 4.36. The van der Waals surface area contributed by atoms with Crippen molar-refractivity contribution in [1.29, 1.82) is 0 Å². The molecule has 3 rings (SSSR count). The highest BCUT2D eigenvalue weighted by Gasteiger charge is 2.37. The number of anilines is 1. The van der Waals surface area contributed by atoms with Gasteiger partial charge in [-0.25, -0.2) is 0 Å². The van der Waals surface area contributed by atoms with Crippen LogP contribution in [0, 0.1) is 11.3 Å². The molecule has 0 bridgehead atoms. The first kappa shape index (κ1) is 20.5. The number of nitrogens with one attached hydrogen (secondary N) is 3. The molecule has 3 N–H and O–H groups in total. The van der Waals surface area contributed by atoms with E-state index in [9.17, 15) is 4.79 Å². The lowest BCUT2D eigenvalue weighted by Gasteiger charge is -2.43. The predicted octanol–water partition coefficient (Wildman–Crippen LogP) is 2.50. The van der Waals surface area contributed by atoms with Crippen LogP contribution in [0.4, 0.5) is 5.69 Å². The van der Waals surface area contributed by atoms with Gasteiger partial charge < -0.3 is 20.9 Å². The van der Waals surface area contributed by atoms with Crippen molar-refractivity contribution < 1.29 is 4.79 Å². The zero-order valence-electron chi connectivity index (χ0n) is 17.6. The van der Waals surface area contributed by atoms with Gasteiger partial charge in [0.2, 0.25) is 5.91 Å². The Balaban J connectivity index is 1.47. The van der Waals surface area contributed by atoms with E-state index >= 15 is 0 Å². The molecule has 1 aromatic rings. The van der Waals surface area contributed by atoms with Gasteiger partial charge in [0.15, 0.2) is 5.96 Å². The number of carbonyl (C=O) groups is 1. The topological polar surface area (TPSA) is 68.8 Å². The number of guanidine groups is 1. The van der Waals surface area contributed by atoms with Crippen LogP contribution < -0.4 is 20.9 Å². The van der Waals surface area contributed by atoms with Crippen molar-refractivity contribution in [2.24, 2.45) is 16.3 Å². The number of rotatable bonds is 7. The predicted molar refractivity (Wildman–Crippen MR) is 116 cm³/mol. The molecule has 1 saturated heterocycles. The summed E-state index contributed by atoms with van der Waals surface area (Å²) >= 11 is 0. The van der Waals surface area contributed by atoms with Crippen LogP contribution in [0.2, 0.25) is 0 Å². The Morgan fingerprint density at radius 1 is 1.25 bits per heavy atom. The number of aliphatic imine (C=N–C) groups is 1. The van der Waals surface area contributed by atoms with Crippen LogP contribution in [0.3, 0.4) is 0 Å². The smallest absolute Gasteiger partial charge is 0.239 e. The number of hydrogen-bond donors (Lipinski definition) is 3. The van der Waals surface area contributed by atoms with Gasteiger partial charge in [-0.05, 0) is 48.3 Å². The zero-order valence-corrected chi connectivity index (χ0v) is 17.6. The third kappa shape index (κ3) is 5.40. The molecule has 2 aliphatic rings. The molecule has 1 aliphatic carbocycles. The molecule has 2 fully saturated rings. The molecular formula is C22H35N5O. The lowest BCUT2D eigenvalue weighted by molar-refractivity contribution is -0.120.